The molecule has 0 unspecified atom stereocenters. The molecule has 3 rings (SSSR count). The first kappa shape index (κ1) is 23.4. The van der Waals surface area contributed by atoms with Crippen LogP contribution in [0.2, 0.25) is 0 Å². The van der Waals surface area contributed by atoms with Crippen molar-refractivity contribution >= 4 is 0 Å². The molecule has 31 heavy (non-hydrogen) atoms. The number of nitrogens with two attached hydrogens (primary N) is 1. The highest BCUT2D eigenvalue weighted by molar-refractivity contribution is 5.42. The topological polar surface area (TPSA) is 53.5 Å². The molecule has 1 heterocycles. The van der Waals surface area contributed by atoms with E-state index in [9.17, 15) is 0 Å². The fourth-order valence-corrected chi connectivity index (χ4v) is 4.81. The molecule has 0 spiro atoms. The second kappa shape index (κ2) is 10.9. The lowest BCUT2D eigenvalue weighted by Gasteiger charge is -2.39. The van der Waals surface area contributed by atoms with Gasteiger partial charge < -0.3 is 24.3 Å². The molecule has 2 aromatic rings. The van der Waals surface area contributed by atoms with E-state index in [1.807, 2.05) is 6.07 Å². The first-order chi connectivity index (χ1) is 15.0. The maximum absolute atomic E-state index is 6.00. The molecular formula is C26H38NO4+. The molecule has 1 aliphatic heterocycles. The van der Waals surface area contributed by atoms with Gasteiger partial charge in [0.15, 0.2) is 11.5 Å². The molecule has 0 saturated carbocycles. The molecular weight excluding hydrogens is 390 g/mol. The third-order valence-corrected chi connectivity index (χ3v) is 6.35. The van der Waals surface area contributed by atoms with E-state index in [4.69, 9.17) is 18.9 Å². The Bertz CT molecular complexity index is 836. The lowest BCUT2D eigenvalue weighted by atomic mass is 9.75. The van der Waals surface area contributed by atoms with E-state index >= 15 is 0 Å². The van der Waals surface area contributed by atoms with Gasteiger partial charge in [0.1, 0.15) is 12.3 Å². The summed E-state index contributed by atoms with van der Waals surface area (Å²) < 4.78 is 22.5. The summed E-state index contributed by atoms with van der Waals surface area (Å²) in [5, 5.41) is 2.38. The fraction of sp³-hybridized carbons (Fsp3) is 0.538. The van der Waals surface area contributed by atoms with Gasteiger partial charge in [-0.25, -0.2) is 0 Å². The maximum Gasteiger partial charge on any atom is 0.161 e. The summed E-state index contributed by atoms with van der Waals surface area (Å²) in [5.74, 6) is 3.60. The van der Waals surface area contributed by atoms with Crippen LogP contribution in [0.25, 0.3) is 0 Å². The van der Waals surface area contributed by atoms with Crippen molar-refractivity contribution in [2.75, 3.05) is 34.5 Å². The van der Waals surface area contributed by atoms with E-state index in [1.54, 1.807) is 21.3 Å². The van der Waals surface area contributed by atoms with E-state index in [1.165, 1.54) is 11.1 Å². The first-order valence-electron chi connectivity index (χ1n) is 11.3. The van der Waals surface area contributed by atoms with Crippen LogP contribution in [0.15, 0.2) is 42.5 Å². The third kappa shape index (κ3) is 6.14. The zero-order valence-electron chi connectivity index (χ0n) is 19.6. The quantitative estimate of drug-likeness (QED) is 0.578. The predicted octanol–water partition coefficient (Wildman–Crippen LogP) is 4.15. The number of rotatable bonds is 10. The summed E-state index contributed by atoms with van der Waals surface area (Å²) in [6.07, 6.45) is 3.28. The Labute approximate surface area is 187 Å². The molecule has 1 saturated heterocycles. The Morgan fingerprint density at radius 2 is 1.74 bits per heavy atom. The van der Waals surface area contributed by atoms with Crippen molar-refractivity contribution in [3.63, 3.8) is 0 Å². The second-order valence-electron chi connectivity index (χ2n) is 8.97. The molecule has 5 nitrogen and oxygen atoms in total. The smallest absolute Gasteiger partial charge is 0.161 e. The Kier molecular flexibility index (Phi) is 8.22. The van der Waals surface area contributed by atoms with Crippen molar-refractivity contribution in [2.45, 2.75) is 51.2 Å². The van der Waals surface area contributed by atoms with Crippen molar-refractivity contribution in [3.05, 3.63) is 53.6 Å². The highest BCUT2D eigenvalue weighted by Gasteiger charge is 2.35. The molecule has 0 aliphatic carbocycles. The van der Waals surface area contributed by atoms with E-state index in [0.29, 0.717) is 11.8 Å². The van der Waals surface area contributed by atoms with Crippen LogP contribution in [0.3, 0.4) is 0 Å². The molecule has 2 atom stereocenters. The van der Waals surface area contributed by atoms with Gasteiger partial charge in [0.25, 0.3) is 0 Å². The number of para-hydroxylation sites is 1. The van der Waals surface area contributed by atoms with Gasteiger partial charge in [-0.3, -0.25) is 0 Å². The number of ether oxygens (including phenoxy) is 4. The predicted molar refractivity (Wildman–Crippen MR) is 123 cm³/mol. The normalized spacial score (nSPS) is 18.9. The van der Waals surface area contributed by atoms with Crippen LogP contribution < -0.4 is 19.5 Å². The fourth-order valence-electron chi connectivity index (χ4n) is 4.81. The lowest BCUT2D eigenvalue weighted by molar-refractivity contribution is -0.671. The summed E-state index contributed by atoms with van der Waals surface area (Å²) in [5.41, 5.74) is 2.50. The summed E-state index contributed by atoms with van der Waals surface area (Å²) >= 11 is 0. The summed E-state index contributed by atoms with van der Waals surface area (Å²) in [6, 6.07) is 14.6. The van der Waals surface area contributed by atoms with Gasteiger partial charge in [-0.1, -0.05) is 18.2 Å². The number of quaternary nitrogens is 1. The SMILES string of the molecule is COc1ccc(C[NH2+]CC[C@@H](c2ccccc2OC)[C@@H]2CCOC(C)(C)C2)cc1OC. The van der Waals surface area contributed by atoms with Crippen LogP contribution in [0.4, 0.5) is 0 Å². The van der Waals surface area contributed by atoms with Gasteiger partial charge >= 0.3 is 0 Å². The van der Waals surface area contributed by atoms with E-state index in [-0.39, 0.29) is 5.60 Å². The van der Waals surface area contributed by atoms with Gasteiger partial charge in [0.05, 0.1) is 33.5 Å². The highest BCUT2D eigenvalue weighted by Crippen LogP contribution is 2.42. The minimum Gasteiger partial charge on any atom is -0.496 e. The van der Waals surface area contributed by atoms with Crippen LogP contribution in [0.1, 0.15) is 50.2 Å². The minimum atomic E-state index is -0.0630. The van der Waals surface area contributed by atoms with Crippen LogP contribution >= 0.6 is 0 Å². The van der Waals surface area contributed by atoms with Crippen LogP contribution in [0, 0.1) is 5.92 Å². The molecule has 2 N–H and O–H groups in total. The van der Waals surface area contributed by atoms with Crippen LogP contribution in [-0.2, 0) is 11.3 Å². The molecule has 0 bridgehead atoms. The molecule has 1 aliphatic rings. The third-order valence-electron chi connectivity index (χ3n) is 6.35. The number of hydrogen-bond acceptors (Lipinski definition) is 4. The Morgan fingerprint density at radius 3 is 2.45 bits per heavy atom. The molecule has 0 amide bonds. The monoisotopic (exact) mass is 428 g/mol. The summed E-state index contributed by atoms with van der Waals surface area (Å²) in [6.45, 7) is 7.22. The van der Waals surface area contributed by atoms with Crippen molar-refractivity contribution in [2.24, 2.45) is 5.92 Å². The molecule has 1 fully saturated rings. The van der Waals surface area contributed by atoms with Gasteiger partial charge in [0.2, 0.25) is 0 Å². The van der Waals surface area contributed by atoms with Crippen molar-refractivity contribution in [3.8, 4) is 17.2 Å². The Morgan fingerprint density at radius 1 is 1.00 bits per heavy atom. The second-order valence-corrected chi connectivity index (χ2v) is 8.97. The maximum atomic E-state index is 6.00. The number of hydrogen-bond donors (Lipinski definition) is 1. The van der Waals surface area contributed by atoms with Crippen molar-refractivity contribution < 1.29 is 24.3 Å². The van der Waals surface area contributed by atoms with Crippen molar-refractivity contribution in [1.82, 2.24) is 0 Å². The van der Waals surface area contributed by atoms with Crippen LogP contribution in [-0.4, -0.2) is 40.1 Å². The zero-order valence-corrected chi connectivity index (χ0v) is 19.6. The molecule has 5 heteroatoms. The average Bonchev–Trinajstić information content (AvgIpc) is 2.78. The summed E-state index contributed by atoms with van der Waals surface area (Å²) in [4.78, 5) is 0. The van der Waals surface area contributed by atoms with E-state index in [0.717, 1.165) is 56.2 Å². The Balaban J connectivity index is 1.68. The lowest BCUT2D eigenvalue weighted by Crippen LogP contribution is -2.82. The highest BCUT2D eigenvalue weighted by atomic mass is 16.5. The average molecular weight is 429 g/mol. The van der Waals surface area contributed by atoms with Gasteiger partial charge in [-0.2, -0.15) is 0 Å². The summed E-state index contributed by atoms with van der Waals surface area (Å²) in [7, 11) is 5.12. The minimum absolute atomic E-state index is 0.0630. The van der Waals surface area contributed by atoms with E-state index in [2.05, 4.69) is 55.6 Å². The molecule has 170 valence electrons. The van der Waals surface area contributed by atoms with Crippen molar-refractivity contribution in [1.29, 1.82) is 0 Å². The molecule has 2 aromatic carbocycles. The standard InChI is InChI=1S/C26H37NO4/c1-26(2)17-20(13-15-31-26)21(22-8-6-7-9-23(22)28-3)12-14-27-18-19-10-11-24(29-4)25(16-19)30-5/h6-11,16,20-21,27H,12-15,17-18H2,1-5H3/p+1/t20-,21-/m1/s1. The molecule has 0 aromatic heterocycles. The number of benzene rings is 2. The molecule has 0 radical (unpaired) electrons. The first-order valence-corrected chi connectivity index (χ1v) is 11.3. The largest absolute Gasteiger partial charge is 0.496 e. The van der Waals surface area contributed by atoms with E-state index < -0.39 is 0 Å². The number of methoxy groups -OCH3 is 3. The zero-order chi connectivity index (χ0) is 22.3. The Hall–Kier alpha value is -2.24. The van der Waals surface area contributed by atoms with Gasteiger partial charge in [-0.05, 0) is 68.4 Å². The van der Waals surface area contributed by atoms with Gasteiger partial charge in [-0.15, -0.1) is 0 Å². The van der Waals surface area contributed by atoms with Crippen LogP contribution in [0.5, 0.6) is 17.2 Å². The van der Waals surface area contributed by atoms with Gasteiger partial charge in [0, 0.05) is 18.6 Å².